The summed E-state index contributed by atoms with van der Waals surface area (Å²) in [4.78, 5) is 6.15. The van der Waals surface area contributed by atoms with E-state index in [1.807, 2.05) is 25.2 Å². The summed E-state index contributed by atoms with van der Waals surface area (Å²) in [5.41, 5.74) is 8.85. The van der Waals surface area contributed by atoms with E-state index in [2.05, 4.69) is 9.88 Å². The molecule has 106 valence electrons. The fourth-order valence-electron chi connectivity index (χ4n) is 2.25. The van der Waals surface area contributed by atoms with E-state index in [1.165, 1.54) is 11.6 Å². The molecule has 2 aromatic rings. The second kappa shape index (κ2) is 7.01. The predicted octanol–water partition coefficient (Wildman–Crippen LogP) is 2.40. The van der Waals surface area contributed by atoms with Crippen molar-refractivity contribution in [2.75, 3.05) is 25.0 Å². The molecule has 1 aromatic carbocycles. The molecule has 0 atom stereocenters. The van der Waals surface area contributed by atoms with Gasteiger partial charge < -0.3 is 10.6 Å². The molecule has 1 heterocycles. The summed E-state index contributed by atoms with van der Waals surface area (Å²) in [7, 11) is 2.02. The first-order chi connectivity index (χ1) is 9.70. The maximum atomic E-state index is 13.3. The van der Waals surface area contributed by atoms with Crippen molar-refractivity contribution in [1.29, 1.82) is 0 Å². The molecule has 20 heavy (non-hydrogen) atoms. The fourth-order valence-corrected chi connectivity index (χ4v) is 2.25. The Labute approximate surface area is 119 Å². The lowest BCUT2D eigenvalue weighted by atomic mass is 10.1. The fraction of sp³-hybridized carbons (Fsp3) is 0.312. The van der Waals surface area contributed by atoms with E-state index >= 15 is 0 Å². The highest BCUT2D eigenvalue weighted by atomic mass is 19.1. The molecule has 2 rings (SSSR count). The summed E-state index contributed by atoms with van der Waals surface area (Å²) >= 11 is 0. The highest BCUT2D eigenvalue weighted by Crippen LogP contribution is 2.21. The lowest BCUT2D eigenvalue weighted by molar-refractivity contribution is 0.625. The molecular formula is C16H20FN3. The van der Waals surface area contributed by atoms with Crippen LogP contribution in [-0.4, -0.2) is 25.1 Å². The van der Waals surface area contributed by atoms with Crippen LogP contribution in [0, 0.1) is 5.82 Å². The summed E-state index contributed by atoms with van der Waals surface area (Å²) in [5, 5.41) is 0. The molecule has 1 aromatic heterocycles. The molecule has 0 amide bonds. The summed E-state index contributed by atoms with van der Waals surface area (Å²) in [5.74, 6) is -0.209. The van der Waals surface area contributed by atoms with Crippen LogP contribution in [0.5, 0.6) is 0 Å². The molecule has 2 N–H and O–H groups in total. The maximum absolute atomic E-state index is 13.3. The highest BCUT2D eigenvalue weighted by molar-refractivity contribution is 5.53. The minimum absolute atomic E-state index is 0.209. The van der Waals surface area contributed by atoms with Crippen molar-refractivity contribution in [1.82, 2.24) is 4.98 Å². The standard InChI is InChI=1S/C16H20FN3/c1-20(11-7-13-5-9-19-10-6-13)16-3-2-15(17)12-14(16)4-8-18/h2-3,5-6,9-10,12H,4,7-8,11,18H2,1H3. The average Bonchev–Trinajstić information content (AvgIpc) is 2.46. The number of rotatable bonds is 6. The molecule has 0 aliphatic rings. The molecule has 0 saturated carbocycles. The number of aromatic nitrogens is 1. The van der Waals surface area contributed by atoms with Crippen molar-refractivity contribution in [2.24, 2.45) is 5.73 Å². The molecule has 3 nitrogen and oxygen atoms in total. The molecule has 0 unspecified atom stereocenters. The first kappa shape index (κ1) is 14.5. The summed E-state index contributed by atoms with van der Waals surface area (Å²) in [6.07, 6.45) is 5.21. The molecule has 0 saturated heterocycles. The second-order valence-electron chi connectivity index (χ2n) is 4.84. The Kier molecular flexibility index (Phi) is 5.07. The monoisotopic (exact) mass is 273 g/mol. The third-order valence-corrected chi connectivity index (χ3v) is 3.35. The van der Waals surface area contributed by atoms with E-state index in [0.717, 1.165) is 24.2 Å². The number of nitrogens with zero attached hydrogens (tertiary/aromatic N) is 2. The third kappa shape index (κ3) is 3.78. The predicted molar refractivity (Wildman–Crippen MR) is 80.4 cm³/mol. The van der Waals surface area contributed by atoms with Crippen LogP contribution in [0.2, 0.25) is 0 Å². The Hall–Kier alpha value is -1.94. The zero-order valence-electron chi connectivity index (χ0n) is 11.7. The van der Waals surface area contributed by atoms with Crippen LogP contribution >= 0.6 is 0 Å². The Morgan fingerprint density at radius 1 is 1.15 bits per heavy atom. The van der Waals surface area contributed by atoms with E-state index in [4.69, 9.17) is 5.73 Å². The molecule has 0 spiro atoms. The van der Waals surface area contributed by atoms with Crippen LogP contribution in [0.4, 0.5) is 10.1 Å². The molecule has 0 radical (unpaired) electrons. The van der Waals surface area contributed by atoms with Crippen LogP contribution in [0.3, 0.4) is 0 Å². The number of nitrogens with two attached hydrogens (primary N) is 1. The molecule has 0 bridgehead atoms. The number of anilines is 1. The smallest absolute Gasteiger partial charge is 0.123 e. The average molecular weight is 273 g/mol. The number of halogens is 1. The van der Waals surface area contributed by atoms with Crippen molar-refractivity contribution in [2.45, 2.75) is 12.8 Å². The van der Waals surface area contributed by atoms with Gasteiger partial charge in [0.25, 0.3) is 0 Å². The second-order valence-corrected chi connectivity index (χ2v) is 4.84. The van der Waals surface area contributed by atoms with Gasteiger partial charge in [0.15, 0.2) is 0 Å². The van der Waals surface area contributed by atoms with Crippen LogP contribution in [0.1, 0.15) is 11.1 Å². The topological polar surface area (TPSA) is 42.2 Å². The van der Waals surface area contributed by atoms with E-state index in [-0.39, 0.29) is 5.82 Å². The Morgan fingerprint density at radius 3 is 2.60 bits per heavy atom. The first-order valence-electron chi connectivity index (χ1n) is 6.79. The van der Waals surface area contributed by atoms with E-state index in [9.17, 15) is 4.39 Å². The number of likely N-dealkylation sites (N-methyl/N-ethyl adjacent to an activating group) is 1. The molecule has 0 aliphatic heterocycles. The summed E-state index contributed by atoms with van der Waals surface area (Å²) in [6.45, 7) is 1.39. The van der Waals surface area contributed by atoms with Crippen molar-refractivity contribution in [3.05, 3.63) is 59.7 Å². The lowest BCUT2D eigenvalue weighted by Gasteiger charge is -2.22. The first-order valence-corrected chi connectivity index (χ1v) is 6.79. The van der Waals surface area contributed by atoms with Gasteiger partial charge in [-0.2, -0.15) is 0 Å². The van der Waals surface area contributed by atoms with Crippen LogP contribution in [0.25, 0.3) is 0 Å². The van der Waals surface area contributed by atoms with Gasteiger partial charge in [0, 0.05) is 31.7 Å². The van der Waals surface area contributed by atoms with Gasteiger partial charge in [0.1, 0.15) is 5.82 Å². The Morgan fingerprint density at radius 2 is 1.90 bits per heavy atom. The lowest BCUT2D eigenvalue weighted by Crippen LogP contribution is -2.22. The summed E-state index contributed by atoms with van der Waals surface area (Å²) < 4.78 is 13.3. The van der Waals surface area contributed by atoms with Gasteiger partial charge in [-0.05, 0) is 60.8 Å². The third-order valence-electron chi connectivity index (χ3n) is 3.35. The number of hydrogen-bond acceptors (Lipinski definition) is 3. The maximum Gasteiger partial charge on any atom is 0.123 e. The Bertz CT molecular complexity index is 543. The van der Waals surface area contributed by atoms with E-state index in [0.29, 0.717) is 13.0 Å². The Balaban J connectivity index is 2.06. The van der Waals surface area contributed by atoms with Crippen LogP contribution < -0.4 is 10.6 Å². The van der Waals surface area contributed by atoms with Crippen LogP contribution in [-0.2, 0) is 12.8 Å². The largest absolute Gasteiger partial charge is 0.374 e. The van der Waals surface area contributed by atoms with Gasteiger partial charge >= 0.3 is 0 Å². The number of benzene rings is 1. The summed E-state index contributed by atoms with van der Waals surface area (Å²) in [6, 6.07) is 8.93. The SMILES string of the molecule is CN(CCc1ccncc1)c1ccc(F)cc1CCN. The minimum atomic E-state index is -0.209. The van der Waals surface area contributed by atoms with Gasteiger partial charge in [0.2, 0.25) is 0 Å². The molecule has 4 heteroatoms. The van der Waals surface area contributed by atoms with Crippen molar-refractivity contribution in [3.8, 4) is 0 Å². The molecular weight excluding hydrogens is 253 g/mol. The van der Waals surface area contributed by atoms with E-state index in [1.54, 1.807) is 18.5 Å². The minimum Gasteiger partial charge on any atom is -0.374 e. The zero-order valence-corrected chi connectivity index (χ0v) is 11.7. The van der Waals surface area contributed by atoms with Crippen molar-refractivity contribution >= 4 is 5.69 Å². The van der Waals surface area contributed by atoms with Gasteiger partial charge in [-0.25, -0.2) is 4.39 Å². The van der Waals surface area contributed by atoms with Crippen molar-refractivity contribution < 1.29 is 4.39 Å². The van der Waals surface area contributed by atoms with Crippen LogP contribution in [0.15, 0.2) is 42.7 Å². The normalized spacial score (nSPS) is 10.6. The molecule has 0 fully saturated rings. The van der Waals surface area contributed by atoms with Gasteiger partial charge in [-0.15, -0.1) is 0 Å². The van der Waals surface area contributed by atoms with Gasteiger partial charge in [-0.3, -0.25) is 4.98 Å². The zero-order chi connectivity index (χ0) is 14.4. The van der Waals surface area contributed by atoms with Gasteiger partial charge in [0.05, 0.1) is 0 Å². The van der Waals surface area contributed by atoms with Gasteiger partial charge in [-0.1, -0.05) is 0 Å². The quantitative estimate of drug-likeness (QED) is 0.879. The number of hydrogen-bond donors (Lipinski definition) is 1. The van der Waals surface area contributed by atoms with Crippen molar-refractivity contribution in [3.63, 3.8) is 0 Å². The van der Waals surface area contributed by atoms with E-state index < -0.39 is 0 Å². The number of pyridine rings is 1. The molecule has 0 aliphatic carbocycles. The highest BCUT2D eigenvalue weighted by Gasteiger charge is 2.08.